The van der Waals surface area contributed by atoms with Gasteiger partial charge in [0.15, 0.2) is 0 Å². The van der Waals surface area contributed by atoms with Gasteiger partial charge in [0, 0.05) is 24.6 Å². The Balaban J connectivity index is 1.25. The number of carbonyl (C=O) groups excluding carboxylic acids is 5. The van der Waals surface area contributed by atoms with Crippen LogP contribution in [0, 0.1) is 0 Å². The Morgan fingerprint density at radius 1 is 0.675 bits per heavy atom. The van der Waals surface area contributed by atoms with Crippen LogP contribution in [0.3, 0.4) is 0 Å². The minimum Gasteiger partial charge on any atom is -0.493 e. The predicted octanol–water partition coefficient (Wildman–Crippen LogP) is 4.05. The fourth-order valence-electron chi connectivity index (χ4n) is 3.48. The largest absolute Gasteiger partial charge is 0.493 e. The Morgan fingerprint density at radius 3 is 1.65 bits per heavy atom. The molecule has 1 aliphatic heterocycles. The summed E-state index contributed by atoms with van der Waals surface area (Å²) in [7, 11) is 0. The van der Waals surface area contributed by atoms with E-state index < -0.39 is 29.7 Å². The summed E-state index contributed by atoms with van der Waals surface area (Å²) in [6.45, 7) is 3.86. The minimum atomic E-state index is -0.645. The number of amides is 2. The van der Waals surface area contributed by atoms with Crippen molar-refractivity contribution in [3.63, 3.8) is 0 Å². The topological polar surface area (TPSA) is 126 Å². The van der Waals surface area contributed by atoms with Crippen molar-refractivity contribution in [3.8, 4) is 17.2 Å². The van der Waals surface area contributed by atoms with E-state index in [1.54, 1.807) is 24.3 Å². The molecule has 0 radical (unpaired) electrons. The Bertz CT molecular complexity index is 1440. The molecule has 0 atom stereocenters. The van der Waals surface area contributed by atoms with E-state index in [1.807, 2.05) is 0 Å². The molecule has 0 spiro atoms. The predicted molar refractivity (Wildman–Crippen MR) is 142 cm³/mol. The third kappa shape index (κ3) is 7.07. The second kappa shape index (κ2) is 12.8. The maximum atomic E-state index is 12.5. The normalized spacial score (nSPS) is 12.2. The van der Waals surface area contributed by atoms with E-state index in [0.29, 0.717) is 30.0 Å². The fourth-order valence-corrected chi connectivity index (χ4v) is 3.48. The molecule has 10 nitrogen and oxygen atoms in total. The second-order valence-electron chi connectivity index (χ2n) is 8.24. The number of imide groups is 1. The molecule has 0 saturated heterocycles. The zero-order valence-corrected chi connectivity index (χ0v) is 21.1. The average Bonchev–Trinajstić information content (AvgIpc) is 3.31. The second-order valence-corrected chi connectivity index (χ2v) is 8.24. The van der Waals surface area contributed by atoms with Crippen molar-refractivity contribution in [2.75, 3.05) is 18.1 Å². The highest BCUT2D eigenvalue weighted by Gasteiger charge is 2.25. The molecule has 2 amide bonds. The highest BCUT2D eigenvalue weighted by Crippen LogP contribution is 2.23. The molecule has 202 valence electrons. The molecule has 0 unspecified atom stereocenters. The van der Waals surface area contributed by atoms with Crippen molar-refractivity contribution in [2.45, 2.75) is 6.42 Å². The van der Waals surface area contributed by atoms with Crippen LogP contribution in [0.5, 0.6) is 17.2 Å². The van der Waals surface area contributed by atoms with Gasteiger partial charge in [-0.3, -0.25) is 9.59 Å². The zero-order chi connectivity index (χ0) is 28.5. The summed E-state index contributed by atoms with van der Waals surface area (Å²) in [6.07, 6.45) is 3.94. The number of hydrogen-bond donors (Lipinski definition) is 0. The van der Waals surface area contributed by atoms with Gasteiger partial charge in [0.05, 0.1) is 30.0 Å². The van der Waals surface area contributed by atoms with E-state index >= 15 is 0 Å². The third-order valence-electron chi connectivity index (χ3n) is 5.47. The fraction of sp³-hybridized carbons (Fsp3) is 0.100. The van der Waals surface area contributed by atoms with Crippen molar-refractivity contribution in [2.24, 2.45) is 0 Å². The number of nitrogens with zero attached hydrogens (tertiary/aromatic N) is 1. The zero-order valence-electron chi connectivity index (χ0n) is 21.1. The van der Waals surface area contributed by atoms with Gasteiger partial charge < -0.3 is 18.9 Å². The number of anilines is 1. The number of rotatable bonds is 11. The average molecular weight is 542 g/mol. The lowest BCUT2D eigenvalue weighted by atomic mass is 10.2. The van der Waals surface area contributed by atoms with Gasteiger partial charge in [-0.2, -0.15) is 0 Å². The van der Waals surface area contributed by atoms with Crippen molar-refractivity contribution in [1.82, 2.24) is 0 Å². The lowest BCUT2D eigenvalue weighted by molar-refractivity contribution is -0.138. The quantitative estimate of drug-likeness (QED) is 0.116. The molecule has 3 aromatic carbocycles. The van der Waals surface area contributed by atoms with E-state index in [9.17, 15) is 24.0 Å². The number of esters is 3. The highest BCUT2D eigenvalue weighted by atomic mass is 16.5. The summed E-state index contributed by atoms with van der Waals surface area (Å²) in [5.41, 5.74) is 0.864. The van der Waals surface area contributed by atoms with Gasteiger partial charge in [-0.1, -0.05) is 6.58 Å². The summed E-state index contributed by atoms with van der Waals surface area (Å²) < 4.78 is 21.1. The van der Waals surface area contributed by atoms with Crippen LogP contribution in [-0.4, -0.2) is 42.9 Å². The van der Waals surface area contributed by atoms with E-state index in [0.717, 1.165) is 11.0 Å². The summed E-state index contributed by atoms with van der Waals surface area (Å²) in [5.74, 6) is -1.61. The molecule has 0 saturated carbocycles. The monoisotopic (exact) mass is 541 g/mol. The Hall–Kier alpha value is -5.51. The summed E-state index contributed by atoms with van der Waals surface area (Å²) in [5, 5.41) is 0. The van der Waals surface area contributed by atoms with Crippen molar-refractivity contribution in [3.05, 3.63) is 109 Å². The van der Waals surface area contributed by atoms with E-state index in [2.05, 4.69) is 6.58 Å². The van der Waals surface area contributed by atoms with E-state index in [-0.39, 0.29) is 23.7 Å². The van der Waals surface area contributed by atoms with Gasteiger partial charge in [0.25, 0.3) is 11.8 Å². The third-order valence-corrected chi connectivity index (χ3v) is 5.47. The first-order valence-corrected chi connectivity index (χ1v) is 12.1. The maximum Gasteiger partial charge on any atom is 0.343 e. The molecular weight excluding hydrogens is 518 g/mol. The Labute approximate surface area is 229 Å². The molecule has 1 aliphatic rings. The highest BCUT2D eigenvalue weighted by molar-refractivity contribution is 6.28. The molecule has 0 aliphatic carbocycles. The van der Waals surface area contributed by atoms with Crippen LogP contribution in [0.1, 0.15) is 27.1 Å². The summed E-state index contributed by atoms with van der Waals surface area (Å²) in [6, 6.07) is 18.1. The number of benzene rings is 3. The number of ether oxygens (including phenoxy) is 4. The molecule has 3 aromatic rings. The van der Waals surface area contributed by atoms with E-state index in [4.69, 9.17) is 18.9 Å². The summed E-state index contributed by atoms with van der Waals surface area (Å²) >= 11 is 0. The van der Waals surface area contributed by atoms with Crippen molar-refractivity contribution >= 4 is 35.4 Å². The van der Waals surface area contributed by atoms with Crippen LogP contribution in [0.2, 0.25) is 0 Å². The Morgan fingerprint density at radius 2 is 1.15 bits per heavy atom. The first kappa shape index (κ1) is 27.5. The van der Waals surface area contributed by atoms with Gasteiger partial charge in [0.2, 0.25) is 0 Å². The van der Waals surface area contributed by atoms with Crippen LogP contribution in [-0.2, 0) is 19.1 Å². The molecular formula is C30H23NO9. The van der Waals surface area contributed by atoms with Crippen LogP contribution in [0.25, 0.3) is 0 Å². The van der Waals surface area contributed by atoms with Gasteiger partial charge in [-0.05, 0) is 72.8 Å². The molecule has 40 heavy (non-hydrogen) atoms. The molecule has 0 aromatic heterocycles. The standard InChI is InChI=1S/C30H23NO9/c1-2-28(34)38-19-3-18-37-23-10-6-21(7-11-23)30(36)40-25-14-12-24(13-15-25)39-29(35)20-4-8-22(9-5-20)31-26(32)16-17-27(31)33/h2,4-17H,1,3,18-19H2. The molecule has 0 N–H and O–H groups in total. The number of carbonyl (C=O) groups is 5. The maximum absolute atomic E-state index is 12.5. The Kier molecular flexibility index (Phi) is 8.83. The lowest BCUT2D eigenvalue weighted by Crippen LogP contribution is -2.29. The first-order valence-electron chi connectivity index (χ1n) is 12.1. The smallest absolute Gasteiger partial charge is 0.343 e. The van der Waals surface area contributed by atoms with Crippen LogP contribution in [0.15, 0.2) is 97.6 Å². The molecule has 1 heterocycles. The van der Waals surface area contributed by atoms with Gasteiger partial charge in [0.1, 0.15) is 17.2 Å². The lowest BCUT2D eigenvalue weighted by Gasteiger charge is -2.14. The van der Waals surface area contributed by atoms with Crippen LogP contribution in [0.4, 0.5) is 5.69 Å². The summed E-state index contributed by atoms with van der Waals surface area (Å²) in [4.78, 5) is 60.5. The van der Waals surface area contributed by atoms with Crippen LogP contribution < -0.4 is 19.1 Å². The molecule has 0 bridgehead atoms. The minimum absolute atomic E-state index is 0.212. The van der Waals surface area contributed by atoms with Crippen molar-refractivity contribution in [1.29, 1.82) is 0 Å². The molecule has 4 rings (SSSR count). The van der Waals surface area contributed by atoms with E-state index in [1.165, 1.54) is 60.7 Å². The first-order chi connectivity index (χ1) is 19.3. The van der Waals surface area contributed by atoms with Gasteiger partial charge in [-0.25, -0.2) is 19.3 Å². The van der Waals surface area contributed by atoms with Crippen molar-refractivity contribution < 1.29 is 42.9 Å². The molecule has 10 heteroatoms. The SMILES string of the molecule is C=CC(=O)OCCCOc1ccc(C(=O)Oc2ccc(OC(=O)c3ccc(N4C(=O)C=CC4=O)cc3)cc2)cc1. The molecule has 0 fully saturated rings. The number of hydrogen-bond acceptors (Lipinski definition) is 9. The van der Waals surface area contributed by atoms with Gasteiger partial charge in [-0.15, -0.1) is 0 Å². The van der Waals surface area contributed by atoms with Crippen LogP contribution >= 0.6 is 0 Å². The van der Waals surface area contributed by atoms with Gasteiger partial charge >= 0.3 is 17.9 Å².